The van der Waals surface area contributed by atoms with Crippen LogP contribution in [0.4, 0.5) is 4.79 Å². The number of carboxylic acid groups (broad SMARTS) is 1. The molecule has 0 atom stereocenters. The Hall–Kier alpha value is -2.05. The summed E-state index contributed by atoms with van der Waals surface area (Å²) in [6.07, 6.45) is 6.42. The van der Waals surface area contributed by atoms with Crippen LogP contribution in [0.1, 0.15) is 12.8 Å². The molecule has 0 aliphatic heterocycles. The minimum Gasteiger partial charge on any atom is -0.481 e. The van der Waals surface area contributed by atoms with E-state index in [1.807, 2.05) is 10.8 Å². The number of carboxylic acids is 1. The van der Waals surface area contributed by atoms with Gasteiger partial charge in [-0.2, -0.15) is 0 Å². The predicted molar refractivity (Wildman–Crippen MR) is 62.9 cm³/mol. The molecule has 7 heteroatoms. The van der Waals surface area contributed by atoms with Gasteiger partial charge in [-0.05, 0) is 12.8 Å². The standard InChI is InChI=1S/C11H16N4O3/c16-9(17)11(1-2-11)7-14-10(18)13-4-6-15-5-3-12-8-15/h3,5,8H,1-2,4,6-7H2,(H,16,17)(H2,13,14,18). The van der Waals surface area contributed by atoms with E-state index in [-0.39, 0.29) is 12.6 Å². The van der Waals surface area contributed by atoms with Gasteiger partial charge in [-0.25, -0.2) is 9.78 Å². The summed E-state index contributed by atoms with van der Waals surface area (Å²) < 4.78 is 1.85. The first-order valence-corrected chi connectivity index (χ1v) is 5.83. The number of nitrogens with one attached hydrogen (secondary N) is 2. The van der Waals surface area contributed by atoms with Crippen LogP contribution in [-0.4, -0.2) is 39.7 Å². The van der Waals surface area contributed by atoms with Crippen LogP contribution in [0.15, 0.2) is 18.7 Å². The van der Waals surface area contributed by atoms with Crippen molar-refractivity contribution in [2.45, 2.75) is 19.4 Å². The molecule has 0 bridgehead atoms. The summed E-state index contributed by atoms with van der Waals surface area (Å²) in [5.74, 6) is -0.832. The van der Waals surface area contributed by atoms with Gasteiger partial charge in [-0.1, -0.05) is 0 Å². The molecule has 2 rings (SSSR count). The zero-order valence-electron chi connectivity index (χ0n) is 9.93. The molecule has 1 aromatic rings. The Bertz CT molecular complexity index is 426. The first kappa shape index (κ1) is 12.4. The lowest BCUT2D eigenvalue weighted by Gasteiger charge is -2.12. The molecule has 1 heterocycles. The molecule has 0 spiro atoms. The van der Waals surface area contributed by atoms with Gasteiger partial charge in [0.05, 0.1) is 11.7 Å². The van der Waals surface area contributed by atoms with Crippen molar-refractivity contribution in [1.82, 2.24) is 20.2 Å². The second-order valence-corrected chi connectivity index (χ2v) is 4.50. The second-order valence-electron chi connectivity index (χ2n) is 4.50. The number of imidazole rings is 1. The minimum absolute atomic E-state index is 0.194. The molecule has 3 N–H and O–H groups in total. The summed E-state index contributed by atoms with van der Waals surface area (Å²) in [6, 6.07) is -0.331. The average Bonchev–Trinajstić information content (AvgIpc) is 2.97. The molecule has 0 saturated heterocycles. The summed E-state index contributed by atoms with van der Waals surface area (Å²) in [5.41, 5.74) is -0.721. The summed E-state index contributed by atoms with van der Waals surface area (Å²) in [5, 5.41) is 14.2. The van der Waals surface area contributed by atoms with E-state index in [2.05, 4.69) is 15.6 Å². The van der Waals surface area contributed by atoms with E-state index >= 15 is 0 Å². The maximum atomic E-state index is 11.4. The third-order valence-corrected chi connectivity index (χ3v) is 3.11. The lowest BCUT2D eigenvalue weighted by atomic mass is 10.1. The van der Waals surface area contributed by atoms with E-state index in [0.717, 1.165) is 0 Å². The van der Waals surface area contributed by atoms with Gasteiger partial charge in [0.1, 0.15) is 0 Å². The quantitative estimate of drug-likeness (QED) is 0.666. The number of amides is 2. The molecule has 0 radical (unpaired) electrons. The SMILES string of the molecule is O=C(NCCn1ccnc1)NCC1(C(=O)O)CC1. The highest BCUT2D eigenvalue weighted by atomic mass is 16.4. The normalized spacial score (nSPS) is 16.0. The molecular formula is C11H16N4O3. The first-order valence-electron chi connectivity index (χ1n) is 5.83. The van der Waals surface area contributed by atoms with E-state index in [1.165, 1.54) is 0 Å². The summed E-state index contributed by atoms with van der Waals surface area (Å²) in [7, 11) is 0. The third kappa shape index (κ3) is 2.99. The van der Waals surface area contributed by atoms with Gasteiger partial charge < -0.3 is 20.3 Å². The zero-order valence-corrected chi connectivity index (χ0v) is 9.93. The van der Waals surface area contributed by atoms with E-state index in [1.54, 1.807) is 12.5 Å². The molecule has 1 aliphatic rings. The molecule has 1 fully saturated rings. The number of rotatable bonds is 6. The van der Waals surface area contributed by atoms with Gasteiger partial charge in [0.15, 0.2) is 0 Å². The number of carbonyl (C=O) groups excluding carboxylic acids is 1. The highest BCUT2D eigenvalue weighted by Gasteiger charge is 2.50. The smallest absolute Gasteiger partial charge is 0.314 e. The summed E-state index contributed by atoms with van der Waals surface area (Å²) in [6.45, 7) is 1.30. The van der Waals surface area contributed by atoms with Gasteiger partial charge in [0.25, 0.3) is 0 Å². The van der Waals surface area contributed by atoms with Crippen LogP contribution in [0.2, 0.25) is 0 Å². The molecule has 1 aromatic heterocycles. The Morgan fingerprint density at radius 1 is 1.39 bits per heavy atom. The van der Waals surface area contributed by atoms with Crippen molar-refractivity contribution in [2.75, 3.05) is 13.1 Å². The van der Waals surface area contributed by atoms with Crippen LogP contribution < -0.4 is 10.6 Å². The van der Waals surface area contributed by atoms with Gasteiger partial charge >= 0.3 is 12.0 Å². The van der Waals surface area contributed by atoms with Crippen LogP contribution in [0.25, 0.3) is 0 Å². The highest BCUT2D eigenvalue weighted by molar-refractivity contribution is 5.80. The Kier molecular flexibility index (Phi) is 3.50. The fraction of sp³-hybridized carbons (Fsp3) is 0.545. The zero-order chi connectivity index (χ0) is 13.0. The van der Waals surface area contributed by atoms with Crippen LogP contribution in [0.3, 0.4) is 0 Å². The van der Waals surface area contributed by atoms with Crippen LogP contribution >= 0.6 is 0 Å². The maximum absolute atomic E-state index is 11.4. The minimum atomic E-state index is -0.832. The van der Waals surface area contributed by atoms with Gasteiger partial charge in [0, 0.05) is 32.0 Å². The van der Waals surface area contributed by atoms with Crippen molar-refractivity contribution < 1.29 is 14.7 Å². The Morgan fingerprint density at radius 2 is 2.17 bits per heavy atom. The number of hydrogen-bond acceptors (Lipinski definition) is 3. The largest absolute Gasteiger partial charge is 0.481 e. The van der Waals surface area contributed by atoms with Crippen molar-refractivity contribution in [3.05, 3.63) is 18.7 Å². The number of nitrogens with zero attached hydrogens (tertiary/aromatic N) is 2. The predicted octanol–water partition coefficient (Wildman–Crippen LogP) is 0.0471. The lowest BCUT2D eigenvalue weighted by molar-refractivity contribution is -0.143. The lowest BCUT2D eigenvalue weighted by Crippen LogP contribution is -2.41. The molecule has 18 heavy (non-hydrogen) atoms. The summed E-state index contributed by atoms with van der Waals surface area (Å²) in [4.78, 5) is 26.2. The van der Waals surface area contributed by atoms with E-state index in [9.17, 15) is 9.59 Å². The number of urea groups is 1. The molecule has 7 nitrogen and oxygen atoms in total. The van der Waals surface area contributed by atoms with Crippen molar-refractivity contribution >= 4 is 12.0 Å². The molecule has 2 amide bonds. The third-order valence-electron chi connectivity index (χ3n) is 3.11. The molecule has 1 saturated carbocycles. The van der Waals surface area contributed by atoms with Gasteiger partial charge in [-0.15, -0.1) is 0 Å². The molecule has 0 unspecified atom stereocenters. The van der Waals surface area contributed by atoms with Crippen molar-refractivity contribution in [1.29, 1.82) is 0 Å². The Morgan fingerprint density at radius 3 is 2.72 bits per heavy atom. The average molecular weight is 252 g/mol. The first-order chi connectivity index (χ1) is 8.62. The Balaban J connectivity index is 1.62. The molecule has 98 valence electrons. The van der Waals surface area contributed by atoms with Crippen LogP contribution in [0, 0.1) is 5.41 Å². The fourth-order valence-corrected chi connectivity index (χ4v) is 1.65. The Labute approximate surface area is 104 Å². The molecule has 1 aliphatic carbocycles. The second kappa shape index (κ2) is 5.07. The number of carbonyl (C=O) groups is 2. The van der Waals surface area contributed by atoms with E-state index in [4.69, 9.17) is 5.11 Å². The van der Waals surface area contributed by atoms with E-state index in [0.29, 0.717) is 25.9 Å². The van der Waals surface area contributed by atoms with Crippen LogP contribution in [0.5, 0.6) is 0 Å². The maximum Gasteiger partial charge on any atom is 0.314 e. The topological polar surface area (TPSA) is 96.3 Å². The monoisotopic (exact) mass is 252 g/mol. The van der Waals surface area contributed by atoms with Crippen LogP contribution in [-0.2, 0) is 11.3 Å². The van der Waals surface area contributed by atoms with E-state index < -0.39 is 11.4 Å². The van der Waals surface area contributed by atoms with Gasteiger partial charge in [0.2, 0.25) is 0 Å². The molecular weight excluding hydrogens is 236 g/mol. The van der Waals surface area contributed by atoms with Crippen molar-refractivity contribution in [3.8, 4) is 0 Å². The number of aliphatic carboxylic acids is 1. The number of hydrogen-bond donors (Lipinski definition) is 3. The van der Waals surface area contributed by atoms with Crippen molar-refractivity contribution in [2.24, 2.45) is 5.41 Å². The fourth-order valence-electron chi connectivity index (χ4n) is 1.65. The number of aromatic nitrogens is 2. The van der Waals surface area contributed by atoms with Crippen molar-refractivity contribution in [3.63, 3.8) is 0 Å². The van der Waals surface area contributed by atoms with Gasteiger partial charge in [-0.3, -0.25) is 4.79 Å². The molecule has 0 aromatic carbocycles. The highest BCUT2D eigenvalue weighted by Crippen LogP contribution is 2.45. The summed E-state index contributed by atoms with van der Waals surface area (Å²) >= 11 is 0.